The topological polar surface area (TPSA) is 44.5 Å². The molecule has 0 aliphatic heterocycles. The third-order valence-corrected chi connectivity index (χ3v) is 3.43. The molecule has 0 radical (unpaired) electrons. The van der Waals surface area contributed by atoms with Crippen molar-refractivity contribution in [2.75, 3.05) is 13.2 Å². The van der Waals surface area contributed by atoms with E-state index in [2.05, 4.69) is 19.9 Å². The van der Waals surface area contributed by atoms with E-state index < -0.39 is 0 Å². The van der Waals surface area contributed by atoms with Crippen molar-refractivity contribution in [2.45, 2.75) is 53.0 Å². The smallest absolute Gasteiger partial charge is 0.161 e. The maximum atomic E-state index is 6.32. The zero-order chi connectivity index (χ0) is 15.0. The normalized spacial score (nSPS) is 13.8. The monoisotopic (exact) mass is 279 g/mol. The quantitative estimate of drug-likeness (QED) is 0.732. The molecule has 3 heteroatoms. The summed E-state index contributed by atoms with van der Waals surface area (Å²) < 4.78 is 11.2. The minimum absolute atomic E-state index is 0.0615. The molecule has 0 aromatic heterocycles. The summed E-state index contributed by atoms with van der Waals surface area (Å²) >= 11 is 0. The van der Waals surface area contributed by atoms with Crippen LogP contribution < -0.4 is 15.2 Å². The fourth-order valence-electron chi connectivity index (χ4n) is 2.48. The highest BCUT2D eigenvalue weighted by molar-refractivity contribution is 5.43. The zero-order valence-corrected chi connectivity index (χ0v) is 13.3. The molecule has 0 spiro atoms. The van der Waals surface area contributed by atoms with E-state index in [1.165, 1.54) is 12.8 Å². The maximum Gasteiger partial charge on any atom is 0.161 e. The van der Waals surface area contributed by atoms with E-state index in [-0.39, 0.29) is 6.04 Å². The van der Waals surface area contributed by atoms with Gasteiger partial charge in [0.1, 0.15) is 0 Å². The Hall–Kier alpha value is -1.22. The van der Waals surface area contributed by atoms with E-state index in [0.717, 1.165) is 23.5 Å². The van der Waals surface area contributed by atoms with Gasteiger partial charge < -0.3 is 15.2 Å². The van der Waals surface area contributed by atoms with Crippen molar-refractivity contribution in [3.8, 4) is 11.5 Å². The SMILES string of the molecule is CCCC(C)CC(N)c1ccc(OCC)c(OCC)c1. The van der Waals surface area contributed by atoms with Gasteiger partial charge >= 0.3 is 0 Å². The fraction of sp³-hybridized carbons (Fsp3) is 0.647. The minimum Gasteiger partial charge on any atom is -0.490 e. The van der Waals surface area contributed by atoms with Gasteiger partial charge in [0, 0.05) is 6.04 Å². The largest absolute Gasteiger partial charge is 0.490 e. The molecule has 0 fully saturated rings. The van der Waals surface area contributed by atoms with Crippen molar-refractivity contribution in [2.24, 2.45) is 11.7 Å². The van der Waals surface area contributed by atoms with Gasteiger partial charge in [0.25, 0.3) is 0 Å². The van der Waals surface area contributed by atoms with Crippen LogP contribution in [0.2, 0.25) is 0 Å². The van der Waals surface area contributed by atoms with Crippen LogP contribution >= 0.6 is 0 Å². The Kier molecular flexibility index (Phi) is 7.45. The van der Waals surface area contributed by atoms with Crippen LogP contribution in [0.3, 0.4) is 0 Å². The highest BCUT2D eigenvalue weighted by atomic mass is 16.5. The number of rotatable bonds is 9. The summed E-state index contributed by atoms with van der Waals surface area (Å²) in [5.74, 6) is 2.24. The second-order valence-electron chi connectivity index (χ2n) is 5.31. The molecule has 2 N–H and O–H groups in total. The molecular formula is C17H29NO2. The molecule has 114 valence electrons. The third kappa shape index (κ3) is 5.04. The summed E-state index contributed by atoms with van der Waals surface area (Å²) in [6.45, 7) is 9.70. The second kappa shape index (κ2) is 8.85. The molecule has 2 atom stereocenters. The van der Waals surface area contributed by atoms with Crippen molar-refractivity contribution < 1.29 is 9.47 Å². The van der Waals surface area contributed by atoms with Gasteiger partial charge in [-0.05, 0) is 43.9 Å². The number of ether oxygens (including phenoxy) is 2. The first-order valence-electron chi connectivity index (χ1n) is 7.77. The first-order valence-corrected chi connectivity index (χ1v) is 7.77. The first-order chi connectivity index (χ1) is 9.62. The van der Waals surface area contributed by atoms with Gasteiger partial charge in [-0.1, -0.05) is 32.8 Å². The van der Waals surface area contributed by atoms with Gasteiger partial charge in [-0.25, -0.2) is 0 Å². The van der Waals surface area contributed by atoms with E-state index in [4.69, 9.17) is 15.2 Å². The molecule has 3 nitrogen and oxygen atoms in total. The molecule has 1 aromatic rings. The Bertz CT molecular complexity index is 393. The van der Waals surface area contributed by atoms with E-state index in [1.807, 2.05) is 26.0 Å². The highest BCUT2D eigenvalue weighted by Gasteiger charge is 2.14. The Morgan fingerprint density at radius 2 is 1.70 bits per heavy atom. The van der Waals surface area contributed by atoms with Gasteiger partial charge in [0.05, 0.1) is 13.2 Å². The summed E-state index contributed by atoms with van der Waals surface area (Å²) in [5.41, 5.74) is 7.44. The molecular weight excluding hydrogens is 250 g/mol. The zero-order valence-electron chi connectivity index (χ0n) is 13.3. The van der Waals surface area contributed by atoms with Crippen LogP contribution in [0.4, 0.5) is 0 Å². The maximum absolute atomic E-state index is 6.32. The molecule has 0 amide bonds. The Morgan fingerprint density at radius 3 is 2.30 bits per heavy atom. The summed E-state index contributed by atoms with van der Waals surface area (Å²) in [6.07, 6.45) is 3.44. The van der Waals surface area contributed by atoms with Crippen LogP contribution in [-0.4, -0.2) is 13.2 Å². The number of hydrogen-bond donors (Lipinski definition) is 1. The van der Waals surface area contributed by atoms with Gasteiger partial charge in [-0.3, -0.25) is 0 Å². The average molecular weight is 279 g/mol. The Labute approximate surface area is 123 Å². The van der Waals surface area contributed by atoms with Gasteiger partial charge in [-0.2, -0.15) is 0 Å². The van der Waals surface area contributed by atoms with Crippen LogP contribution in [0.1, 0.15) is 58.6 Å². The van der Waals surface area contributed by atoms with E-state index in [9.17, 15) is 0 Å². The van der Waals surface area contributed by atoms with Crippen molar-refractivity contribution in [3.05, 3.63) is 23.8 Å². The van der Waals surface area contributed by atoms with E-state index in [1.54, 1.807) is 0 Å². The molecule has 0 bridgehead atoms. The van der Waals surface area contributed by atoms with Crippen LogP contribution in [0.5, 0.6) is 11.5 Å². The molecule has 0 saturated heterocycles. The molecule has 0 aliphatic carbocycles. The fourth-order valence-corrected chi connectivity index (χ4v) is 2.48. The van der Waals surface area contributed by atoms with Crippen molar-refractivity contribution >= 4 is 0 Å². The molecule has 1 rings (SSSR count). The molecule has 0 aliphatic rings. The molecule has 1 aromatic carbocycles. The lowest BCUT2D eigenvalue weighted by Gasteiger charge is -2.19. The lowest BCUT2D eigenvalue weighted by Crippen LogP contribution is -2.14. The molecule has 0 heterocycles. The summed E-state index contributed by atoms with van der Waals surface area (Å²) in [6, 6.07) is 6.11. The minimum atomic E-state index is 0.0615. The predicted octanol–water partition coefficient (Wildman–Crippen LogP) is 4.31. The number of benzene rings is 1. The van der Waals surface area contributed by atoms with Crippen molar-refractivity contribution in [3.63, 3.8) is 0 Å². The predicted molar refractivity (Wildman–Crippen MR) is 84.4 cm³/mol. The van der Waals surface area contributed by atoms with Crippen LogP contribution in [0, 0.1) is 5.92 Å². The number of hydrogen-bond acceptors (Lipinski definition) is 3. The van der Waals surface area contributed by atoms with Crippen molar-refractivity contribution in [1.82, 2.24) is 0 Å². The highest BCUT2D eigenvalue weighted by Crippen LogP contribution is 2.32. The van der Waals surface area contributed by atoms with E-state index in [0.29, 0.717) is 19.1 Å². The summed E-state index contributed by atoms with van der Waals surface area (Å²) in [7, 11) is 0. The molecule has 0 saturated carbocycles. The first kappa shape index (κ1) is 16.8. The second-order valence-corrected chi connectivity index (χ2v) is 5.31. The van der Waals surface area contributed by atoms with Gasteiger partial charge in [0.15, 0.2) is 11.5 Å². The molecule has 2 unspecified atom stereocenters. The lowest BCUT2D eigenvalue weighted by molar-refractivity contribution is 0.287. The molecule has 20 heavy (non-hydrogen) atoms. The standard InChI is InChI=1S/C17H29NO2/c1-5-8-13(4)11-15(18)14-9-10-16(19-6-2)17(12-14)20-7-3/h9-10,12-13,15H,5-8,11,18H2,1-4H3. The van der Waals surface area contributed by atoms with Crippen molar-refractivity contribution in [1.29, 1.82) is 0 Å². The number of nitrogens with two attached hydrogens (primary N) is 1. The summed E-state index contributed by atoms with van der Waals surface area (Å²) in [5, 5.41) is 0. The van der Waals surface area contributed by atoms with E-state index >= 15 is 0 Å². The Balaban J connectivity index is 2.81. The van der Waals surface area contributed by atoms with Crippen LogP contribution in [0.25, 0.3) is 0 Å². The van der Waals surface area contributed by atoms with Crippen LogP contribution in [-0.2, 0) is 0 Å². The third-order valence-electron chi connectivity index (χ3n) is 3.43. The van der Waals surface area contributed by atoms with Crippen LogP contribution in [0.15, 0.2) is 18.2 Å². The average Bonchev–Trinajstić information content (AvgIpc) is 2.41. The Morgan fingerprint density at radius 1 is 1.05 bits per heavy atom. The van der Waals surface area contributed by atoms with Gasteiger partial charge in [0.2, 0.25) is 0 Å². The van der Waals surface area contributed by atoms with Gasteiger partial charge in [-0.15, -0.1) is 0 Å². The summed E-state index contributed by atoms with van der Waals surface area (Å²) in [4.78, 5) is 0. The lowest BCUT2D eigenvalue weighted by atomic mass is 9.93.